The van der Waals surface area contributed by atoms with Crippen molar-refractivity contribution in [1.29, 1.82) is 0 Å². The van der Waals surface area contributed by atoms with Gasteiger partial charge in [-0.3, -0.25) is 0 Å². The average Bonchev–Trinajstić information content (AvgIpc) is 2.91. The molecule has 2 rings (SSSR count). The smallest absolute Gasteiger partial charge is 0.333 e. The molecule has 0 fully saturated rings. The number of aromatic nitrogens is 2. The molecule has 1 atom stereocenters. The van der Waals surface area contributed by atoms with Crippen LogP contribution in [-0.4, -0.2) is 45.6 Å². The zero-order valence-corrected chi connectivity index (χ0v) is 13.3. The number of halogens is 2. The second kappa shape index (κ2) is 8.11. The first-order chi connectivity index (χ1) is 11.0. The summed E-state index contributed by atoms with van der Waals surface area (Å²) in [5.74, 6) is 0.689. The number of aliphatic hydroxyl groups is 1. The molecule has 0 bridgehead atoms. The van der Waals surface area contributed by atoms with Gasteiger partial charge in [0.05, 0.1) is 11.7 Å². The maximum atomic E-state index is 12.7. The number of fused-ring (bicyclic) bond motifs is 1. The van der Waals surface area contributed by atoms with Gasteiger partial charge in [0.25, 0.3) is 0 Å². The average molecular weight is 344 g/mol. The number of benzene rings is 1. The Balaban J connectivity index is 2.04. The van der Waals surface area contributed by atoms with Gasteiger partial charge in [0.2, 0.25) is 0 Å². The van der Waals surface area contributed by atoms with Crippen molar-refractivity contribution in [2.24, 2.45) is 0 Å². The van der Waals surface area contributed by atoms with Crippen LogP contribution in [0.5, 0.6) is 0 Å². The number of rotatable bonds is 7. The number of amides is 2. The summed E-state index contributed by atoms with van der Waals surface area (Å²) >= 11 is 1.57. The summed E-state index contributed by atoms with van der Waals surface area (Å²) in [6.07, 6.45) is 3.71. The second-order valence-corrected chi connectivity index (χ2v) is 5.81. The van der Waals surface area contributed by atoms with Crippen molar-refractivity contribution in [1.82, 2.24) is 15.1 Å². The van der Waals surface area contributed by atoms with Gasteiger partial charge in [0, 0.05) is 29.5 Å². The van der Waals surface area contributed by atoms with E-state index in [0.717, 1.165) is 0 Å². The number of carbonyl (C=O) groups excluding carboxylic acids is 1. The molecule has 23 heavy (non-hydrogen) atoms. The highest BCUT2D eigenvalue weighted by Gasteiger charge is 2.14. The molecule has 1 heterocycles. The number of alkyl halides is 2. The summed E-state index contributed by atoms with van der Waals surface area (Å²) in [4.78, 5) is 12.0. The molecule has 0 spiro atoms. The predicted octanol–water partition coefficient (Wildman–Crippen LogP) is 2.67. The number of carbonyl (C=O) groups is 1. The van der Waals surface area contributed by atoms with E-state index in [-0.39, 0.29) is 12.6 Å². The first-order valence-electron chi connectivity index (χ1n) is 6.98. The molecule has 2 aromatic rings. The van der Waals surface area contributed by atoms with Crippen molar-refractivity contribution in [2.45, 2.75) is 19.0 Å². The largest absolute Gasteiger partial charge is 0.396 e. The van der Waals surface area contributed by atoms with Crippen molar-refractivity contribution < 1.29 is 18.7 Å². The van der Waals surface area contributed by atoms with Crippen LogP contribution in [0, 0.1) is 0 Å². The fourth-order valence-electron chi connectivity index (χ4n) is 2.19. The lowest BCUT2D eigenvalue weighted by Crippen LogP contribution is -2.40. The third-order valence-electron chi connectivity index (χ3n) is 3.22. The number of aliphatic hydroxyl groups excluding tert-OH is 1. The van der Waals surface area contributed by atoms with Crippen LogP contribution in [0.25, 0.3) is 10.9 Å². The summed E-state index contributed by atoms with van der Waals surface area (Å²) in [6.45, 7) is -2.72. The van der Waals surface area contributed by atoms with Gasteiger partial charge in [-0.2, -0.15) is 25.6 Å². The zero-order chi connectivity index (χ0) is 16.8. The van der Waals surface area contributed by atoms with E-state index in [9.17, 15) is 13.6 Å². The molecule has 1 aromatic carbocycles. The Kier molecular flexibility index (Phi) is 6.17. The maximum absolute atomic E-state index is 12.7. The van der Waals surface area contributed by atoms with E-state index in [1.165, 1.54) is 18.3 Å². The monoisotopic (exact) mass is 344 g/mol. The molecule has 1 unspecified atom stereocenters. The van der Waals surface area contributed by atoms with E-state index in [1.807, 2.05) is 6.26 Å². The van der Waals surface area contributed by atoms with Crippen molar-refractivity contribution in [3.8, 4) is 0 Å². The number of nitrogens with one attached hydrogen (secondary N) is 2. The minimum atomic E-state index is -2.71. The minimum Gasteiger partial charge on any atom is -0.396 e. The Morgan fingerprint density at radius 1 is 1.48 bits per heavy atom. The Bertz CT molecular complexity index is 659. The zero-order valence-electron chi connectivity index (χ0n) is 12.5. The van der Waals surface area contributed by atoms with Gasteiger partial charge in [-0.05, 0) is 30.9 Å². The molecule has 0 aliphatic carbocycles. The van der Waals surface area contributed by atoms with E-state index in [2.05, 4.69) is 15.7 Å². The van der Waals surface area contributed by atoms with Crippen LogP contribution >= 0.6 is 11.8 Å². The van der Waals surface area contributed by atoms with Gasteiger partial charge in [-0.15, -0.1) is 0 Å². The first-order valence-corrected chi connectivity index (χ1v) is 8.37. The lowest BCUT2D eigenvalue weighted by atomic mass is 10.2. The summed E-state index contributed by atoms with van der Waals surface area (Å²) in [5, 5.41) is 18.5. The Labute approximate surface area is 136 Å². The lowest BCUT2D eigenvalue weighted by molar-refractivity contribution is 0.0615. The minimum absolute atomic E-state index is 0.00964. The van der Waals surface area contributed by atoms with E-state index >= 15 is 0 Å². The highest BCUT2D eigenvalue weighted by atomic mass is 32.2. The molecule has 126 valence electrons. The first kappa shape index (κ1) is 17.5. The molecule has 0 saturated carbocycles. The van der Waals surface area contributed by atoms with Crippen LogP contribution < -0.4 is 10.6 Å². The van der Waals surface area contributed by atoms with Crippen LogP contribution in [0.2, 0.25) is 0 Å². The Morgan fingerprint density at radius 3 is 2.91 bits per heavy atom. The third-order valence-corrected chi connectivity index (χ3v) is 3.95. The van der Waals surface area contributed by atoms with E-state index in [4.69, 9.17) is 5.11 Å². The molecular weight excluding hydrogens is 326 g/mol. The number of thioether (sulfide) groups is 1. The van der Waals surface area contributed by atoms with Crippen molar-refractivity contribution >= 4 is 34.4 Å². The molecule has 6 nitrogen and oxygen atoms in total. The summed E-state index contributed by atoms with van der Waals surface area (Å²) in [7, 11) is 0. The molecule has 0 aliphatic rings. The van der Waals surface area contributed by atoms with Crippen molar-refractivity contribution in [3.05, 3.63) is 24.4 Å². The van der Waals surface area contributed by atoms with Crippen molar-refractivity contribution in [2.75, 3.05) is 23.9 Å². The molecule has 3 N–H and O–H groups in total. The van der Waals surface area contributed by atoms with Crippen molar-refractivity contribution in [3.63, 3.8) is 0 Å². The molecular formula is C14H18F2N4O2S. The van der Waals surface area contributed by atoms with Gasteiger partial charge in [0.1, 0.15) is 0 Å². The fraction of sp³-hybridized carbons (Fsp3) is 0.429. The Hall–Kier alpha value is -1.87. The van der Waals surface area contributed by atoms with Crippen LogP contribution in [0.1, 0.15) is 13.0 Å². The fourth-order valence-corrected chi connectivity index (χ4v) is 2.85. The summed E-state index contributed by atoms with van der Waals surface area (Å²) < 4.78 is 26.1. The van der Waals surface area contributed by atoms with Crippen LogP contribution in [0.4, 0.5) is 19.3 Å². The molecule has 0 radical (unpaired) electrons. The molecule has 0 saturated heterocycles. The molecule has 0 aliphatic heterocycles. The van der Waals surface area contributed by atoms with Crippen LogP contribution in [0.3, 0.4) is 0 Å². The highest BCUT2D eigenvalue weighted by molar-refractivity contribution is 7.98. The second-order valence-electron chi connectivity index (χ2n) is 4.90. The maximum Gasteiger partial charge on any atom is 0.333 e. The van der Waals surface area contributed by atoms with E-state index in [0.29, 0.717) is 33.4 Å². The Morgan fingerprint density at radius 2 is 2.26 bits per heavy atom. The predicted molar refractivity (Wildman–Crippen MR) is 87.0 cm³/mol. The molecule has 2 amide bonds. The number of urea groups is 1. The highest BCUT2D eigenvalue weighted by Crippen LogP contribution is 2.22. The third kappa shape index (κ3) is 4.55. The number of hydrogen-bond acceptors (Lipinski definition) is 4. The van der Waals surface area contributed by atoms with Crippen LogP contribution in [-0.2, 0) is 0 Å². The van der Waals surface area contributed by atoms with Gasteiger partial charge in [0.15, 0.2) is 0 Å². The number of anilines is 1. The number of hydrogen-bond donors (Lipinski definition) is 3. The quantitative estimate of drug-likeness (QED) is 0.721. The van der Waals surface area contributed by atoms with Gasteiger partial charge in [-0.25, -0.2) is 9.48 Å². The SMILES string of the molecule is CSCC(CCO)NC(=O)Nc1ccc2c(cnn2C(F)F)c1. The van der Waals surface area contributed by atoms with E-state index < -0.39 is 12.6 Å². The lowest BCUT2D eigenvalue weighted by Gasteiger charge is -2.17. The normalized spacial score (nSPS) is 12.6. The molecule has 1 aromatic heterocycles. The standard InChI is InChI=1S/C14H18F2N4O2S/c1-23-8-11(4-5-21)19-14(22)18-10-2-3-12-9(6-10)7-17-20(12)13(15)16/h2-3,6-7,11,13,21H,4-5,8H2,1H3,(H2,18,19,22). The van der Waals surface area contributed by atoms with Gasteiger partial charge >= 0.3 is 12.6 Å². The van der Waals surface area contributed by atoms with Gasteiger partial charge in [-0.1, -0.05) is 0 Å². The van der Waals surface area contributed by atoms with Gasteiger partial charge < -0.3 is 15.7 Å². The summed E-state index contributed by atoms with van der Waals surface area (Å²) in [6, 6.07) is 4.06. The van der Waals surface area contributed by atoms with Crippen LogP contribution in [0.15, 0.2) is 24.4 Å². The summed E-state index contributed by atoms with van der Waals surface area (Å²) in [5.41, 5.74) is 0.780. The van der Waals surface area contributed by atoms with E-state index in [1.54, 1.807) is 17.8 Å². The molecule has 9 heteroatoms. The number of nitrogens with zero attached hydrogens (tertiary/aromatic N) is 2. The topological polar surface area (TPSA) is 79.2 Å².